The van der Waals surface area contributed by atoms with Crippen molar-refractivity contribution in [2.75, 3.05) is 24.2 Å². The van der Waals surface area contributed by atoms with Crippen molar-refractivity contribution in [1.82, 2.24) is 9.80 Å². The SMILES string of the molecule is CC(C)N1C=CN(CC(=O)c2ccc(NS(C)(=O)=O)cc2)C1. The molecule has 0 fully saturated rings. The lowest BCUT2D eigenvalue weighted by Gasteiger charge is -2.23. The second-order valence-electron chi connectivity index (χ2n) is 5.67. The summed E-state index contributed by atoms with van der Waals surface area (Å²) in [6.45, 7) is 5.21. The van der Waals surface area contributed by atoms with Gasteiger partial charge in [-0.3, -0.25) is 9.52 Å². The molecular formula is C15H21N3O3S. The van der Waals surface area contributed by atoms with Crippen molar-refractivity contribution in [3.8, 4) is 0 Å². The van der Waals surface area contributed by atoms with Crippen LogP contribution in [0.2, 0.25) is 0 Å². The highest BCUT2D eigenvalue weighted by atomic mass is 32.2. The number of Topliss-reactive ketones (excluding diaryl/α,β-unsaturated/α-hetero) is 1. The molecule has 1 N–H and O–H groups in total. The van der Waals surface area contributed by atoms with Crippen LogP contribution in [-0.4, -0.2) is 49.5 Å². The van der Waals surface area contributed by atoms with Gasteiger partial charge < -0.3 is 9.80 Å². The number of rotatable bonds is 6. The molecule has 1 aliphatic heterocycles. The number of hydrogen-bond donors (Lipinski definition) is 1. The molecule has 1 aromatic carbocycles. The molecule has 0 unspecified atom stereocenters. The average Bonchev–Trinajstić information content (AvgIpc) is 2.86. The van der Waals surface area contributed by atoms with E-state index >= 15 is 0 Å². The standard InChI is InChI=1S/C15H21N3O3S/c1-12(2)18-9-8-17(11-18)10-15(19)13-4-6-14(7-5-13)16-22(3,20)21/h4-9,12,16H,10-11H2,1-3H3. The fourth-order valence-corrected chi connectivity index (χ4v) is 2.70. The Morgan fingerprint density at radius 1 is 1.23 bits per heavy atom. The summed E-state index contributed by atoms with van der Waals surface area (Å²) in [6, 6.07) is 6.85. The Bertz CT molecular complexity index is 666. The summed E-state index contributed by atoms with van der Waals surface area (Å²) >= 11 is 0. The highest BCUT2D eigenvalue weighted by Gasteiger charge is 2.17. The van der Waals surface area contributed by atoms with Crippen molar-refractivity contribution in [3.05, 3.63) is 42.2 Å². The molecule has 7 heteroatoms. The van der Waals surface area contributed by atoms with Gasteiger partial charge in [-0.2, -0.15) is 0 Å². The van der Waals surface area contributed by atoms with Gasteiger partial charge in [-0.05, 0) is 38.1 Å². The van der Waals surface area contributed by atoms with Crippen molar-refractivity contribution in [3.63, 3.8) is 0 Å². The van der Waals surface area contributed by atoms with Crippen molar-refractivity contribution in [2.24, 2.45) is 0 Å². The molecule has 120 valence electrons. The molecule has 22 heavy (non-hydrogen) atoms. The number of sulfonamides is 1. The third-order valence-electron chi connectivity index (χ3n) is 3.33. The third kappa shape index (κ3) is 4.49. The van der Waals surface area contributed by atoms with Gasteiger partial charge in [0.15, 0.2) is 5.78 Å². The smallest absolute Gasteiger partial charge is 0.229 e. The molecule has 0 aromatic heterocycles. The van der Waals surface area contributed by atoms with Crippen LogP contribution in [0.25, 0.3) is 0 Å². The fourth-order valence-electron chi connectivity index (χ4n) is 2.14. The highest BCUT2D eigenvalue weighted by Crippen LogP contribution is 2.14. The molecule has 0 saturated carbocycles. The summed E-state index contributed by atoms with van der Waals surface area (Å²) in [4.78, 5) is 16.3. The topological polar surface area (TPSA) is 69.7 Å². The molecule has 0 atom stereocenters. The zero-order valence-electron chi connectivity index (χ0n) is 13.0. The molecule has 0 radical (unpaired) electrons. The second kappa shape index (κ2) is 6.39. The highest BCUT2D eigenvalue weighted by molar-refractivity contribution is 7.92. The van der Waals surface area contributed by atoms with Gasteiger partial charge in [-0.25, -0.2) is 8.42 Å². The van der Waals surface area contributed by atoms with E-state index in [0.29, 0.717) is 30.5 Å². The number of nitrogens with zero attached hydrogens (tertiary/aromatic N) is 2. The monoisotopic (exact) mass is 323 g/mol. The molecule has 0 aliphatic carbocycles. The Morgan fingerprint density at radius 2 is 1.86 bits per heavy atom. The number of benzene rings is 1. The quantitative estimate of drug-likeness (QED) is 0.807. The van der Waals surface area contributed by atoms with Crippen molar-refractivity contribution < 1.29 is 13.2 Å². The Kier molecular flexibility index (Phi) is 4.75. The summed E-state index contributed by atoms with van der Waals surface area (Å²) < 4.78 is 24.6. The maximum absolute atomic E-state index is 12.2. The Morgan fingerprint density at radius 3 is 2.36 bits per heavy atom. The first-order valence-corrected chi connectivity index (χ1v) is 8.93. The number of carbonyl (C=O) groups excluding carboxylic acids is 1. The molecule has 0 bridgehead atoms. The summed E-state index contributed by atoms with van der Waals surface area (Å²) in [6.07, 6.45) is 4.99. The van der Waals surface area contributed by atoms with Crippen molar-refractivity contribution >= 4 is 21.5 Å². The lowest BCUT2D eigenvalue weighted by molar-refractivity contribution is 0.0940. The number of carbonyl (C=O) groups is 1. The van der Waals surface area contributed by atoms with Crippen LogP contribution in [0.3, 0.4) is 0 Å². The lowest BCUT2D eigenvalue weighted by atomic mass is 10.1. The van der Waals surface area contributed by atoms with Gasteiger partial charge >= 0.3 is 0 Å². The molecule has 1 aromatic rings. The van der Waals surface area contributed by atoms with Gasteiger partial charge in [0.2, 0.25) is 10.0 Å². The van der Waals surface area contributed by atoms with Gasteiger partial charge in [0.1, 0.15) is 0 Å². The number of ketones is 1. The van der Waals surface area contributed by atoms with Gasteiger partial charge in [-0.15, -0.1) is 0 Å². The molecule has 0 saturated heterocycles. The third-order valence-corrected chi connectivity index (χ3v) is 3.94. The number of anilines is 1. The van der Waals surface area contributed by atoms with E-state index in [1.807, 2.05) is 17.3 Å². The zero-order valence-corrected chi connectivity index (χ0v) is 13.8. The van der Waals surface area contributed by atoms with Crippen LogP contribution in [0.5, 0.6) is 0 Å². The maximum Gasteiger partial charge on any atom is 0.229 e. The molecular weight excluding hydrogens is 302 g/mol. The minimum Gasteiger partial charge on any atom is -0.356 e. The van der Waals surface area contributed by atoms with E-state index in [2.05, 4.69) is 23.5 Å². The summed E-state index contributed by atoms with van der Waals surface area (Å²) in [7, 11) is -3.30. The van der Waals surface area contributed by atoms with E-state index in [1.54, 1.807) is 24.3 Å². The van der Waals surface area contributed by atoms with Gasteiger partial charge in [0.25, 0.3) is 0 Å². The number of nitrogens with one attached hydrogen (secondary N) is 1. The molecule has 2 rings (SSSR count). The van der Waals surface area contributed by atoms with Crippen molar-refractivity contribution in [1.29, 1.82) is 0 Å². The molecule has 1 heterocycles. The van der Waals surface area contributed by atoms with Crippen molar-refractivity contribution in [2.45, 2.75) is 19.9 Å². The first-order valence-electron chi connectivity index (χ1n) is 7.04. The predicted molar refractivity (Wildman–Crippen MR) is 86.9 cm³/mol. The van der Waals surface area contributed by atoms with Gasteiger partial charge in [0, 0.05) is 29.7 Å². The van der Waals surface area contributed by atoms with Crippen LogP contribution in [0.4, 0.5) is 5.69 Å². The molecule has 0 amide bonds. The first kappa shape index (κ1) is 16.4. The van der Waals surface area contributed by atoms with Crippen LogP contribution >= 0.6 is 0 Å². The van der Waals surface area contributed by atoms with Gasteiger partial charge in [0.05, 0.1) is 19.5 Å². The minimum atomic E-state index is -3.30. The lowest BCUT2D eigenvalue weighted by Crippen LogP contribution is -2.32. The average molecular weight is 323 g/mol. The first-order chi connectivity index (χ1) is 10.2. The zero-order chi connectivity index (χ0) is 16.3. The maximum atomic E-state index is 12.2. The summed E-state index contributed by atoms with van der Waals surface area (Å²) in [5, 5.41) is 0. The van der Waals surface area contributed by atoms with E-state index in [0.717, 1.165) is 6.26 Å². The fraction of sp³-hybridized carbons (Fsp3) is 0.400. The normalized spacial score (nSPS) is 14.7. The summed E-state index contributed by atoms with van der Waals surface area (Å²) in [5.41, 5.74) is 1.02. The Labute approximate surface area is 131 Å². The second-order valence-corrected chi connectivity index (χ2v) is 7.42. The Balaban J connectivity index is 1.95. The molecule has 0 spiro atoms. The largest absolute Gasteiger partial charge is 0.356 e. The Hall–Kier alpha value is -2.02. The van der Waals surface area contributed by atoms with E-state index in [1.165, 1.54) is 0 Å². The van der Waals surface area contributed by atoms with Crippen LogP contribution in [0.1, 0.15) is 24.2 Å². The van der Waals surface area contributed by atoms with E-state index < -0.39 is 10.0 Å². The van der Waals surface area contributed by atoms with Crippen LogP contribution in [0, 0.1) is 0 Å². The van der Waals surface area contributed by atoms with Crippen LogP contribution in [-0.2, 0) is 10.0 Å². The summed E-state index contributed by atoms with van der Waals surface area (Å²) in [5.74, 6) is 0.00108. The molecule has 1 aliphatic rings. The van der Waals surface area contributed by atoms with Crippen LogP contribution in [0.15, 0.2) is 36.7 Å². The minimum absolute atomic E-state index is 0.00108. The number of hydrogen-bond acceptors (Lipinski definition) is 5. The molecule has 6 nitrogen and oxygen atoms in total. The van der Waals surface area contributed by atoms with Crippen LogP contribution < -0.4 is 4.72 Å². The van der Waals surface area contributed by atoms with E-state index in [4.69, 9.17) is 0 Å². The predicted octanol–water partition coefficient (Wildman–Crippen LogP) is 1.70. The van der Waals surface area contributed by atoms with E-state index in [-0.39, 0.29) is 5.78 Å². The van der Waals surface area contributed by atoms with E-state index in [9.17, 15) is 13.2 Å². The van der Waals surface area contributed by atoms with Gasteiger partial charge in [-0.1, -0.05) is 0 Å².